The average molecular weight is 324 g/mol. The SMILES string of the molecule is COc1ccccc1NC(=O)CCc1nc(-c2ccncc2)no1. The molecule has 0 atom stereocenters. The maximum absolute atomic E-state index is 12.1. The number of anilines is 1. The van der Waals surface area contributed by atoms with Gasteiger partial charge in [-0.1, -0.05) is 17.3 Å². The molecule has 0 bridgehead atoms. The molecule has 2 heterocycles. The number of ether oxygens (including phenoxy) is 1. The van der Waals surface area contributed by atoms with Crippen LogP contribution in [0.3, 0.4) is 0 Å². The molecule has 1 N–H and O–H groups in total. The summed E-state index contributed by atoms with van der Waals surface area (Å²) in [7, 11) is 1.56. The molecule has 122 valence electrons. The van der Waals surface area contributed by atoms with Gasteiger partial charge < -0.3 is 14.6 Å². The Hall–Kier alpha value is -3.22. The predicted molar refractivity (Wildman–Crippen MR) is 87.5 cm³/mol. The fourth-order valence-electron chi connectivity index (χ4n) is 2.16. The van der Waals surface area contributed by atoms with E-state index in [1.165, 1.54) is 0 Å². The maximum atomic E-state index is 12.1. The van der Waals surface area contributed by atoms with Gasteiger partial charge in [-0.15, -0.1) is 0 Å². The molecule has 3 aromatic rings. The van der Waals surface area contributed by atoms with Crippen molar-refractivity contribution in [3.8, 4) is 17.1 Å². The number of carbonyl (C=O) groups excluding carboxylic acids is 1. The van der Waals surface area contributed by atoms with Crippen molar-refractivity contribution in [3.05, 3.63) is 54.7 Å². The Bertz CT molecular complexity index is 817. The Kier molecular flexibility index (Phi) is 4.81. The Morgan fingerprint density at radius 3 is 2.79 bits per heavy atom. The summed E-state index contributed by atoms with van der Waals surface area (Å²) in [6, 6.07) is 10.8. The highest BCUT2D eigenvalue weighted by Crippen LogP contribution is 2.23. The number of aryl methyl sites for hydroxylation is 1. The van der Waals surface area contributed by atoms with Crippen molar-refractivity contribution in [2.24, 2.45) is 0 Å². The van der Waals surface area contributed by atoms with E-state index in [-0.39, 0.29) is 12.3 Å². The van der Waals surface area contributed by atoms with Gasteiger partial charge in [0.15, 0.2) is 0 Å². The molecule has 7 nitrogen and oxygen atoms in total. The molecule has 2 aromatic heterocycles. The molecule has 0 fully saturated rings. The number of hydrogen-bond acceptors (Lipinski definition) is 6. The van der Waals surface area contributed by atoms with Crippen molar-refractivity contribution in [1.29, 1.82) is 0 Å². The number of pyridine rings is 1. The number of benzene rings is 1. The third-order valence-electron chi connectivity index (χ3n) is 3.35. The van der Waals surface area contributed by atoms with Crippen LogP contribution in [0.15, 0.2) is 53.3 Å². The number of nitrogens with zero attached hydrogens (tertiary/aromatic N) is 3. The lowest BCUT2D eigenvalue weighted by Crippen LogP contribution is -2.13. The third-order valence-corrected chi connectivity index (χ3v) is 3.35. The number of aromatic nitrogens is 3. The highest BCUT2D eigenvalue weighted by Gasteiger charge is 2.12. The van der Waals surface area contributed by atoms with Crippen molar-refractivity contribution in [1.82, 2.24) is 15.1 Å². The quantitative estimate of drug-likeness (QED) is 0.750. The minimum Gasteiger partial charge on any atom is -0.495 e. The van der Waals surface area contributed by atoms with Crippen LogP contribution >= 0.6 is 0 Å². The first kappa shape index (κ1) is 15.7. The van der Waals surface area contributed by atoms with E-state index in [2.05, 4.69) is 20.4 Å². The molecule has 1 aromatic carbocycles. The molecule has 1 amide bonds. The zero-order valence-electron chi connectivity index (χ0n) is 13.1. The molecule has 0 aliphatic rings. The van der Waals surface area contributed by atoms with Gasteiger partial charge in [0.05, 0.1) is 12.8 Å². The fraction of sp³-hybridized carbons (Fsp3) is 0.176. The van der Waals surface area contributed by atoms with E-state index in [0.717, 1.165) is 5.56 Å². The van der Waals surface area contributed by atoms with Crippen LogP contribution in [0.1, 0.15) is 12.3 Å². The second kappa shape index (κ2) is 7.36. The summed E-state index contributed by atoms with van der Waals surface area (Å²) < 4.78 is 10.4. The van der Waals surface area contributed by atoms with Gasteiger partial charge >= 0.3 is 0 Å². The third kappa shape index (κ3) is 3.75. The van der Waals surface area contributed by atoms with Crippen LogP contribution < -0.4 is 10.1 Å². The van der Waals surface area contributed by atoms with Crippen LogP contribution in [0, 0.1) is 0 Å². The summed E-state index contributed by atoms with van der Waals surface area (Å²) in [5.41, 5.74) is 1.45. The van der Waals surface area contributed by atoms with Crippen LogP contribution in [-0.2, 0) is 11.2 Å². The van der Waals surface area contributed by atoms with Crippen molar-refractivity contribution in [2.45, 2.75) is 12.8 Å². The lowest BCUT2D eigenvalue weighted by Gasteiger charge is -2.08. The Labute approximate surface area is 138 Å². The minimum absolute atomic E-state index is 0.150. The van der Waals surface area contributed by atoms with E-state index < -0.39 is 0 Å². The topological polar surface area (TPSA) is 90.1 Å². The van der Waals surface area contributed by atoms with E-state index in [9.17, 15) is 4.79 Å². The van der Waals surface area contributed by atoms with Gasteiger partial charge in [-0.2, -0.15) is 4.98 Å². The molecule has 0 saturated carbocycles. The number of amides is 1. The number of para-hydroxylation sites is 2. The van der Waals surface area contributed by atoms with Crippen molar-refractivity contribution in [2.75, 3.05) is 12.4 Å². The van der Waals surface area contributed by atoms with Crippen LogP contribution in [-0.4, -0.2) is 28.1 Å². The maximum Gasteiger partial charge on any atom is 0.227 e. The second-order valence-corrected chi connectivity index (χ2v) is 5.00. The Morgan fingerprint density at radius 1 is 1.21 bits per heavy atom. The predicted octanol–water partition coefficient (Wildman–Crippen LogP) is 2.71. The van der Waals surface area contributed by atoms with Gasteiger partial charge in [-0.3, -0.25) is 9.78 Å². The minimum atomic E-state index is -0.150. The molecule has 3 rings (SSSR count). The van der Waals surface area contributed by atoms with Crippen LogP contribution in [0.25, 0.3) is 11.4 Å². The van der Waals surface area contributed by atoms with Gasteiger partial charge in [-0.25, -0.2) is 0 Å². The molecule has 0 radical (unpaired) electrons. The molecule has 0 saturated heterocycles. The van der Waals surface area contributed by atoms with Gasteiger partial charge in [-0.05, 0) is 24.3 Å². The van der Waals surface area contributed by atoms with Gasteiger partial charge in [0.25, 0.3) is 0 Å². The zero-order valence-corrected chi connectivity index (χ0v) is 13.1. The molecule has 0 aliphatic heterocycles. The van der Waals surface area contributed by atoms with Crippen LogP contribution in [0.5, 0.6) is 5.75 Å². The van der Waals surface area contributed by atoms with Gasteiger partial charge in [0.1, 0.15) is 5.75 Å². The summed E-state index contributed by atoms with van der Waals surface area (Å²) in [6.07, 6.45) is 3.91. The fourth-order valence-corrected chi connectivity index (χ4v) is 2.16. The Balaban J connectivity index is 1.58. The first-order valence-electron chi connectivity index (χ1n) is 7.42. The molecule has 0 spiro atoms. The number of carbonyl (C=O) groups is 1. The lowest BCUT2D eigenvalue weighted by atomic mass is 10.2. The van der Waals surface area contributed by atoms with E-state index in [4.69, 9.17) is 9.26 Å². The van der Waals surface area contributed by atoms with E-state index >= 15 is 0 Å². The molecule has 24 heavy (non-hydrogen) atoms. The largest absolute Gasteiger partial charge is 0.495 e. The monoisotopic (exact) mass is 324 g/mol. The van der Waals surface area contributed by atoms with Crippen molar-refractivity contribution < 1.29 is 14.1 Å². The zero-order chi connectivity index (χ0) is 16.8. The van der Waals surface area contributed by atoms with E-state index in [1.807, 2.05) is 12.1 Å². The molecule has 0 aliphatic carbocycles. The highest BCUT2D eigenvalue weighted by molar-refractivity contribution is 5.92. The first-order valence-corrected chi connectivity index (χ1v) is 7.42. The van der Waals surface area contributed by atoms with E-state index in [0.29, 0.717) is 29.6 Å². The van der Waals surface area contributed by atoms with Gasteiger partial charge in [0.2, 0.25) is 17.6 Å². The van der Waals surface area contributed by atoms with Crippen molar-refractivity contribution >= 4 is 11.6 Å². The second-order valence-electron chi connectivity index (χ2n) is 5.00. The van der Waals surface area contributed by atoms with E-state index in [1.54, 1.807) is 43.8 Å². The summed E-state index contributed by atoms with van der Waals surface area (Å²) in [5, 5.41) is 6.72. The average Bonchev–Trinajstić information content (AvgIpc) is 3.10. The summed E-state index contributed by atoms with van der Waals surface area (Å²) in [6.45, 7) is 0. The number of nitrogens with one attached hydrogen (secondary N) is 1. The van der Waals surface area contributed by atoms with Crippen LogP contribution in [0.4, 0.5) is 5.69 Å². The number of methoxy groups -OCH3 is 1. The normalized spacial score (nSPS) is 10.4. The van der Waals surface area contributed by atoms with Crippen LogP contribution in [0.2, 0.25) is 0 Å². The Morgan fingerprint density at radius 2 is 2.00 bits per heavy atom. The first-order chi connectivity index (χ1) is 11.8. The molecule has 7 heteroatoms. The summed E-state index contributed by atoms with van der Waals surface area (Å²) in [4.78, 5) is 20.3. The standard InChI is InChI=1S/C17H16N4O3/c1-23-14-5-3-2-4-13(14)19-15(22)6-7-16-20-17(21-24-16)12-8-10-18-11-9-12/h2-5,8-11H,6-7H2,1H3,(H,19,22). The summed E-state index contributed by atoms with van der Waals surface area (Å²) >= 11 is 0. The van der Waals surface area contributed by atoms with Crippen molar-refractivity contribution in [3.63, 3.8) is 0 Å². The molecule has 0 unspecified atom stereocenters. The number of rotatable bonds is 6. The smallest absolute Gasteiger partial charge is 0.227 e. The summed E-state index contributed by atoms with van der Waals surface area (Å²) in [5.74, 6) is 1.36. The lowest BCUT2D eigenvalue weighted by molar-refractivity contribution is -0.116. The number of hydrogen-bond donors (Lipinski definition) is 1. The highest BCUT2D eigenvalue weighted by atomic mass is 16.5. The molecular formula is C17H16N4O3. The van der Waals surface area contributed by atoms with Gasteiger partial charge in [0, 0.05) is 30.8 Å². The molecular weight excluding hydrogens is 308 g/mol.